The van der Waals surface area contributed by atoms with Crippen LogP contribution in [0.4, 0.5) is 0 Å². The maximum Gasteiger partial charge on any atom is 0.254 e. The molecule has 0 spiro atoms. The minimum atomic E-state index is -0.449. The molecule has 1 atom stereocenters. The van der Waals surface area contributed by atoms with Crippen LogP contribution >= 0.6 is 0 Å². The van der Waals surface area contributed by atoms with E-state index in [1.807, 2.05) is 6.92 Å². The first kappa shape index (κ1) is 19.1. The van der Waals surface area contributed by atoms with Crippen molar-refractivity contribution in [2.45, 2.75) is 25.8 Å². The highest BCUT2D eigenvalue weighted by Gasteiger charge is 2.27. The number of rotatable bonds is 6. The van der Waals surface area contributed by atoms with Crippen LogP contribution in [-0.2, 0) is 4.79 Å². The molecule has 1 aromatic rings. The van der Waals surface area contributed by atoms with Gasteiger partial charge in [0.2, 0.25) is 5.91 Å². The number of hydrogen-bond donors (Lipinski definition) is 1. The Labute approximate surface area is 148 Å². The lowest BCUT2D eigenvalue weighted by Gasteiger charge is -2.36. The SMILES string of the molecule is CCCC(N)C(=O)N1CCN(C(=O)c2cc(OC)cc(OC)c2)CC1. The average molecular weight is 349 g/mol. The van der Waals surface area contributed by atoms with E-state index < -0.39 is 6.04 Å². The van der Waals surface area contributed by atoms with Gasteiger partial charge in [0.1, 0.15) is 11.5 Å². The van der Waals surface area contributed by atoms with E-state index in [1.54, 1.807) is 42.2 Å². The Kier molecular flexibility index (Phi) is 6.64. The number of nitrogens with two attached hydrogens (primary N) is 1. The maximum absolute atomic E-state index is 12.7. The molecule has 1 fully saturated rings. The maximum atomic E-state index is 12.7. The van der Waals surface area contributed by atoms with Crippen molar-refractivity contribution in [2.24, 2.45) is 5.73 Å². The van der Waals surface area contributed by atoms with Crippen molar-refractivity contribution < 1.29 is 19.1 Å². The molecule has 2 rings (SSSR count). The van der Waals surface area contributed by atoms with Gasteiger partial charge in [-0.25, -0.2) is 0 Å². The minimum absolute atomic E-state index is 0.0306. The molecule has 1 aromatic carbocycles. The van der Waals surface area contributed by atoms with E-state index in [-0.39, 0.29) is 11.8 Å². The van der Waals surface area contributed by atoms with Gasteiger partial charge in [-0.3, -0.25) is 9.59 Å². The molecule has 7 heteroatoms. The first-order chi connectivity index (χ1) is 12.0. The molecule has 1 aliphatic heterocycles. The van der Waals surface area contributed by atoms with Crippen molar-refractivity contribution in [3.63, 3.8) is 0 Å². The molecular formula is C18H27N3O4. The normalized spacial score (nSPS) is 15.7. The Morgan fingerprint density at radius 2 is 1.56 bits per heavy atom. The number of piperazine rings is 1. The summed E-state index contributed by atoms with van der Waals surface area (Å²) in [5, 5.41) is 0. The van der Waals surface area contributed by atoms with Gasteiger partial charge < -0.3 is 25.0 Å². The zero-order chi connectivity index (χ0) is 18.4. The largest absolute Gasteiger partial charge is 0.497 e. The van der Waals surface area contributed by atoms with Crippen molar-refractivity contribution >= 4 is 11.8 Å². The van der Waals surface area contributed by atoms with Crippen LogP contribution in [0.2, 0.25) is 0 Å². The highest BCUT2D eigenvalue weighted by molar-refractivity contribution is 5.95. The Hall–Kier alpha value is -2.28. The van der Waals surface area contributed by atoms with Crippen molar-refractivity contribution in [3.8, 4) is 11.5 Å². The molecular weight excluding hydrogens is 322 g/mol. The molecule has 1 aliphatic rings. The molecule has 0 aromatic heterocycles. The lowest BCUT2D eigenvalue weighted by Crippen LogP contribution is -2.54. The summed E-state index contributed by atoms with van der Waals surface area (Å²) in [6, 6.07) is 4.66. The van der Waals surface area contributed by atoms with E-state index in [1.165, 1.54) is 0 Å². The van der Waals surface area contributed by atoms with Crippen LogP contribution in [0.15, 0.2) is 18.2 Å². The number of carbonyl (C=O) groups is 2. The van der Waals surface area contributed by atoms with Crippen LogP contribution in [0.3, 0.4) is 0 Å². The molecule has 2 amide bonds. The summed E-state index contributed by atoms with van der Waals surface area (Å²) in [5.74, 6) is 1.02. The molecule has 7 nitrogen and oxygen atoms in total. The quantitative estimate of drug-likeness (QED) is 0.832. The van der Waals surface area contributed by atoms with Crippen LogP contribution in [0.25, 0.3) is 0 Å². The Balaban J connectivity index is 2.01. The third kappa shape index (κ3) is 4.63. The molecule has 0 bridgehead atoms. The van der Waals surface area contributed by atoms with Crippen molar-refractivity contribution in [3.05, 3.63) is 23.8 Å². The zero-order valence-electron chi connectivity index (χ0n) is 15.2. The first-order valence-corrected chi connectivity index (χ1v) is 8.56. The molecule has 0 radical (unpaired) electrons. The fourth-order valence-corrected chi connectivity index (χ4v) is 2.91. The molecule has 1 saturated heterocycles. The summed E-state index contributed by atoms with van der Waals surface area (Å²) in [4.78, 5) is 28.5. The van der Waals surface area contributed by atoms with Crippen LogP contribution in [-0.4, -0.2) is 68.1 Å². The van der Waals surface area contributed by atoms with Gasteiger partial charge >= 0.3 is 0 Å². The smallest absolute Gasteiger partial charge is 0.254 e. The summed E-state index contributed by atoms with van der Waals surface area (Å²) < 4.78 is 10.4. The van der Waals surface area contributed by atoms with Crippen LogP contribution in [0, 0.1) is 0 Å². The van der Waals surface area contributed by atoms with Gasteiger partial charge in [-0.1, -0.05) is 13.3 Å². The minimum Gasteiger partial charge on any atom is -0.497 e. The number of amides is 2. The summed E-state index contributed by atoms with van der Waals surface area (Å²) >= 11 is 0. The summed E-state index contributed by atoms with van der Waals surface area (Å²) in [6.07, 6.45) is 1.56. The van der Waals surface area contributed by atoms with E-state index in [0.717, 1.165) is 6.42 Å². The molecule has 138 valence electrons. The standard InChI is InChI=1S/C18H27N3O4/c1-4-5-16(19)18(23)21-8-6-20(7-9-21)17(22)13-10-14(24-2)12-15(11-13)25-3/h10-12,16H,4-9,19H2,1-3H3. The van der Waals surface area contributed by atoms with E-state index >= 15 is 0 Å². The monoisotopic (exact) mass is 349 g/mol. The van der Waals surface area contributed by atoms with Crippen LogP contribution in [0.5, 0.6) is 11.5 Å². The predicted molar refractivity (Wildman–Crippen MR) is 94.9 cm³/mol. The van der Waals surface area contributed by atoms with Crippen LogP contribution < -0.4 is 15.2 Å². The fourth-order valence-electron chi connectivity index (χ4n) is 2.91. The second-order valence-corrected chi connectivity index (χ2v) is 6.11. The first-order valence-electron chi connectivity index (χ1n) is 8.56. The second kappa shape index (κ2) is 8.71. The molecule has 1 unspecified atom stereocenters. The Bertz CT molecular complexity index is 590. The highest BCUT2D eigenvalue weighted by atomic mass is 16.5. The van der Waals surface area contributed by atoms with Gasteiger partial charge in [0.05, 0.1) is 20.3 Å². The van der Waals surface area contributed by atoms with E-state index in [9.17, 15) is 9.59 Å². The van der Waals surface area contributed by atoms with Gasteiger partial charge in [-0.15, -0.1) is 0 Å². The van der Waals surface area contributed by atoms with E-state index in [4.69, 9.17) is 15.2 Å². The number of carbonyl (C=O) groups excluding carboxylic acids is 2. The van der Waals surface area contributed by atoms with E-state index in [0.29, 0.717) is 49.7 Å². The topological polar surface area (TPSA) is 85.1 Å². The second-order valence-electron chi connectivity index (χ2n) is 6.11. The number of nitrogens with zero attached hydrogens (tertiary/aromatic N) is 2. The average Bonchev–Trinajstić information content (AvgIpc) is 2.66. The van der Waals surface area contributed by atoms with Gasteiger partial charge in [-0.05, 0) is 18.6 Å². The van der Waals surface area contributed by atoms with Gasteiger partial charge in [0.25, 0.3) is 5.91 Å². The molecule has 25 heavy (non-hydrogen) atoms. The summed E-state index contributed by atoms with van der Waals surface area (Å²) in [5.41, 5.74) is 6.42. The molecule has 1 heterocycles. The summed E-state index contributed by atoms with van der Waals surface area (Å²) in [6.45, 7) is 3.99. The number of methoxy groups -OCH3 is 2. The third-order valence-electron chi connectivity index (χ3n) is 4.39. The highest BCUT2D eigenvalue weighted by Crippen LogP contribution is 2.23. The summed E-state index contributed by atoms with van der Waals surface area (Å²) in [7, 11) is 3.10. The number of ether oxygens (including phenoxy) is 2. The lowest BCUT2D eigenvalue weighted by atomic mass is 10.1. The number of hydrogen-bond acceptors (Lipinski definition) is 5. The van der Waals surface area contributed by atoms with Gasteiger partial charge in [0.15, 0.2) is 0 Å². The number of benzene rings is 1. The lowest BCUT2D eigenvalue weighted by molar-refractivity contribution is -0.134. The van der Waals surface area contributed by atoms with E-state index in [2.05, 4.69) is 0 Å². The van der Waals surface area contributed by atoms with Crippen molar-refractivity contribution in [2.75, 3.05) is 40.4 Å². The molecule has 0 aliphatic carbocycles. The van der Waals surface area contributed by atoms with Crippen molar-refractivity contribution in [1.82, 2.24) is 9.80 Å². The Morgan fingerprint density at radius 3 is 2.04 bits per heavy atom. The third-order valence-corrected chi connectivity index (χ3v) is 4.39. The predicted octanol–water partition coefficient (Wildman–Crippen LogP) is 1.12. The van der Waals surface area contributed by atoms with Crippen molar-refractivity contribution in [1.29, 1.82) is 0 Å². The molecule has 2 N–H and O–H groups in total. The molecule has 0 saturated carbocycles. The van der Waals surface area contributed by atoms with Gasteiger partial charge in [-0.2, -0.15) is 0 Å². The van der Waals surface area contributed by atoms with Crippen LogP contribution in [0.1, 0.15) is 30.1 Å². The zero-order valence-corrected chi connectivity index (χ0v) is 15.2. The van der Waals surface area contributed by atoms with Gasteiger partial charge in [0, 0.05) is 37.8 Å². The Morgan fingerprint density at radius 1 is 1.04 bits per heavy atom. The fraction of sp³-hybridized carbons (Fsp3) is 0.556.